The highest BCUT2D eigenvalue weighted by atomic mass is 35.5. The van der Waals surface area contributed by atoms with Gasteiger partial charge in [-0.1, -0.05) is 12.1 Å². The molecule has 0 radical (unpaired) electrons. The van der Waals surface area contributed by atoms with Crippen LogP contribution in [-0.4, -0.2) is 54.1 Å². The number of nitrogens with zero attached hydrogens (tertiary/aromatic N) is 2. The van der Waals surface area contributed by atoms with Crippen LogP contribution in [-0.2, 0) is 16.0 Å². The van der Waals surface area contributed by atoms with E-state index < -0.39 is 5.97 Å². The number of oxime groups is 1. The number of halogens is 1. The van der Waals surface area contributed by atoms with Crippen LogP contribution in [0.5, 0.6) is 5.75 Å². The zero-order valence-corrected chi connectivity index (χ0v) is 18.6. The largest absolute Gasteiger partial charge is 0.497 e. The van der Waals surface area contributed by atoms with E-state index in [1.165, 1.54) is 23.8 Å². The van der Waals surface area contributed by atoms with E-state index in [0.29, 0.717) is 6.42 Å². The maximum atomic E-state index is 12.1. The van der Waals surface area contributed by atoms with Crippen LogP contribution < -0.4 is 4.74 Å². The number of carbonyl (C=O) groups excluding carboxylic acids is 1. The predicted molar refractivity (Wildman–Crippen MR) is 118 cm³/mol. The molecule has 0 bridgehead atoms. The van der Waals surface area contributed by atoms with E-state index in [9.17, 15) is 10.0 Å². The van der Waals surface area contributed by atoms with Crippen LogP contribution in [0.15, 0.2) is 23.4 Å². The Labute approximate surface area is 182 Å². The predicted octanol–water partition coefficient (Wildman–Crippen LogP) is 4.08. The van der Waals surface area contributed by atoms with Crippen molar-refractivity contribution in [3.63, 3.8) is 0 Å². The van der Waals surface area contributed by atoms with Crippen molar-refractivity contribution in [2.75, 3.05) is 27.3 Å². The molecule has 7 nitrogen and oxygen atoms in total. The maximum Gasteiger partial charge on any atom is 0.355 e. The first-order valence-corrected chi connectivity index (χ1v) is 10.3. The summed E-state index contributed by atoms with van der Waals surface area (Å²) in [4.78, 5) is 18.3. The molecule has 1 aromatic carbocycles. The van der Waals surface area contributed by atoms with E-state index >= 15 is 0 Å². The zero-order valence-electron chi connectivity index (χ0n) is 17.7. The molecule has 164 valence electrons. The molecule has 1 saturated heterocycles. The number of esters is 1. The molecular formula is C22H30ClN3O4. The smallest absolute Gasteiger partial charge is 0.355 e. The van der Waals surface area contributed by atoms with Crippen molar-refractivity contribution < 1.29 is 19.5 Å². The average Bonchev–Trinajstić information content (AvgIpc) is 3.14. The minimum atomic E-state index is -0.560. The van der Waals surface area contributed by atoms with Gasteiger partial charge in [0.15, 0.2) is 5.71 Å². The summed E-state index contributed by atoms with van der Waals surface area (Å²) in [5.41, 5.74) is 3.55. The molecule has 0 saturated carbocycles. The summed E-state index contributed by atoms with van der Waals surface area (Å²) >= 11 is 0. The van der Waals surface area contributed by atoms with E-state index in [-0.39, 0.29) is 29.6 Å². The Balaban J connectivity index is 0.00000256. The van der Waals surface area contributed by atoms with Crippen LogP contribution in [0, 0.1) is 5.41 Å². The lowest BCUT2D eigenvalue weighted by Crippen LogP contribution is -2.50. The first kappa shape index (κ1) is 22.4. The number of methoxy groups -OCH3 is 2. The minimum absolute atomic E-state index is 0. The van der Waals surface area contributed by atoms with Gasteiger partial charge in [0, 0.05) is 35.6 Å². The molecule has 0 spiro atoms. The standard InChI is InChI=1S/C22H29N3O4.ClH/c1-4-22(13-18(24-27)21(26)29-3)9-5-10-25-11-8-16-15-7-6-14(28-2)12-17(15)23-19(16)20(22)25;/h6-7,12,20,23,27H,4-5,8-11,13H2,1-3H3;1H. The number of carbonyl (C=O) groups is 1. The van der Waals surface area contributed by atoms with Gasteiger partial charge in [-0.05, 0) is 55.3 Å². The SMILES string of the molecule is CCC1(CC(=NO)C(=O)OC)CCCN2CCc3c([nH]c4cc(OC)ccc34)C21.Cl. The van der Waals surface area contributed by atoms with Gasteiger partial charge >= 0.3 is 5.97 Å². The molecule has 2 aliphatic rings. The topological polar surface area (TPSA) is 87.2 Å². The van der Waals surface area contributed by atoms with Gasteiger partial charge in [0.25, 0.3) is 0 Å². The first-order valence-electron chi connectivity index (χ1n) is 10.3. The summed E-state index contributed by atoms with van der Waals surface area (Å²) in [7, 11) is 3.00. The van der Waals surface area contributed by atoms with Gasteiger partial charge in [-0.25, -0.2) is 4.79 Å². The fourth-order valence-electron chi connectivity index (χ4n) is 5.44. The second-order valence-corrected chi connectivity index (χ2v) is 8.15. The Hall–Kier alpha value is -2.25. The van der Waals surface area contributed by atoms with E-state index in [1.807, 2.05) is 12.1 Å². The number of aromatic amines is 1. The van der Waals surface area contributed by atoms with Gasteiger partial charge < -0.3 is 19.7 Å². The van der Waals surface area contributed by atoms with Gasteiger partial charge in [-0.2, -0.15) is 0 Å². The highest BCUT2D eigenvalue weighted by molar-refractivity contribution is 6.36. The summed E-state index contributed by atoms with van der Waals surface area (Å²) in [5.74, 6) is 0.272. The number of nitrogens with one attached hydrogen (secondary N) is 1. The average molecular weight is 436 g/mol. The van der Waals surface area contributed by atoms with Crippen LogP contribution in [0.1, 0.15) is 49.9 Å². The first-order chi connectivity index (χ1) is 14.1. The van der Waals surface area contributed by atoms with E-state index in [4.69, 9.17) is 9.47 Å². The number of hydrogen-bond acceptors (Lipinski definition) is 6. The minimum Gasteiger partial charge on any atom is -0.497 e. The maximum absolute atomic E-state index is 12.1. The van der Waals surface area contributed by atoms with E-state index in [0.717, 1.165) is 50.0 Å². The molecule has 8 heteroatoms. The Morgan fingerprint density at radius 1 is 1.37 bits per heavy atom. The molecule has 2 N–H and O–H groups in total. The molecule has 30 heavy (non-hydrogen) atoms. The van der Waals surface area contributed by atoms with Crippen molar-refractivity contribution in [3.8, 4) is 5.75 Å². The van der Waals surface area contributed by atoms with Crippen LogP contribution in [0.25, 0.3) is 10.9 Å². The molecule has 3 heterocycles. The summed E-state index contributed by atoms with van der Waals surface area (Å²) in [6.07, 6.45) is 4.30. The van der Waals surface area contributed by atoms with Crippen molar-refractivity contribution in [1.29, 1.82) is 0 Å². The van der Waals surface area contributed by atoms with Gasteiger partial charge in [0.2, 0.25) is 0 Å². The Morgan fingerprint density at radius 2 is 2.17 bits per heavy atom. The quantitative estimate of drug-likeness (QED) is 0.320. The molecule has 2 aliphatic heterocycles. The molecule has 0 aliphatic carbocycles. The van der Waals surface area contributed by atoms with Crippen molar-refractivity contribution in [2.45, 2.75) is 45.1 Å². The summed E-state index contributed by atoms with van der Waals surface area (Å²) in [6.45, 7) is 4.19. The van der Waals surface area contributed by atoms with Gasteiger partial charge in [-0.3, -0.25) is 4.90 Å². The lowest BCUT2D eigenvalue weighted by Gasteiger charge is -2.52. The van der Waals surface area contributed by atoms with Crippen LogP contribution >= 0.6 is 12.4 Å². The third kappa shape index (κ3) is 3.54. The Bertz CT molecular complexity index is 957. The van der Waals surface area contributed by atoms with Gasteiger partial charge in [-0.15, -0.1) is 12.4 Å². The van der Waals surface area contributed by atoms with Crippen LogP contribution in [0.4, 0.5) is 0 Å². The monoisotopic (exact) mass is 435 g/mol. The number of benzene rings is 1. The molecule has 4 rings (SSSR count). The molecule has 1 aromatic heterocycles. The summed E-state index contributed by atoms with van der Waals surface area (Å²) in [6, 6.07) is 6.32. The molecule has 2 unspecified atom stereocenters. The van der Waals surface area contributed by atoms with Gasteiger partial charge in [0.1, 0.15) is 5.75 Å². The number of aromatic nitrogens is 1. The number of hydrogen-bond donors (Lipinski definition) is 2. The van der Waals surface area contributed by atoms with Crippen LogP contribution in [0.3, 0.4) is 0 Å². The van der Waals surface area contributed by atoms with Crippen molar-refractivity contribution >= 4 is 35.0 Å². The van der Waals surface area contributed by atoms with Crippen molar-refractivity contribution in [2.24, 2.45) is 10.6 Å². The zero-order chi connectivity index (χ0) is 20.6. The summed E-state index contributed by atoms with van der Waals surface area (Å²) in [5, 5.41) is 14.0. The van der Waals surface area contributed by atoms with Crippen molar-refractivity contribution in [3.05, 3.63) is 29.5 Å². The van der Waals surface area contributed by atoms with Crippen LogP contribution in [0.2, 0.25) is 0 Å². The third-order valence-electron chi connectivity index (χ3n) is 6.90. The van der Waals surface area contributed by atoms with E-state index in [1.54, 1.807) is 7.11 Å². The fraction of sp³-hybridized carbons (Fsp3) is 0.545. The number of rotatable bonds is 5. The third-order valence-corrected chi connectivity index (χ3v) is 6.90. The molecule has 2 aromatic rings. The number of ether oxygens (including phenoxy) is 2. The fourth-order valence-corrected chi connectivity index (χ4v) is 5.44. The number of fused-ring (bicyclic) bond motifs is 5. The lowest BCUT2D eigenvalue weighted by molar-refractivity contribution is -0.133. The van der Waals surface area contributed by atoms with Crippen molar-refractivity contribution in [1.82, 2.24) is 9.88 Å². The number of piperidine rings is 1. The number of H-pyrrole nitrogens is 1. The molecule has 0 amide bonds. The molecule has 1 fully saturated rings. The van der Waals surface area contributed by atoms with E-state index in [2.05, 4.69) is 28.0 Å². The summed E-state index contributed by atoms with van der Waals surface area (Å²) < 4.78 is 10.3. The molecular weight excluding hydrogens is 406 g/mol. The molecule has 2 atom stereocenters. The second kappa shape index (κ2) is 8.86. The normalized spacial score (nSPS) is 24.0. The highest BCUT2D eigenvalue weighted by Gasteiger charge is 2.48. The second-order valence-electron chi connectivity index (χ2n) is 8.15. The lowest BCUT2D eigenvalue weighted by atomic mass is 9.65. The van der Waals surface area contributed by atoms with Gasteiger partial charge in [0.05, 0.1) is 20.3 Å². The Morgan fingerprint density at radius 3 is 2.83 bits per heavy atom. The highest BCUT2D eigenvalue weighted by Crippen LogP contribution is 2.53. The Kier molecular flexibility index (Phi) is 6.62.